The number of hydrogen-bond acceptors (Lipinski definition) is 2. The van der Waals surface area contributed by atoms with Crippen molar-refractivity contribution in [2.45, 2.75) is 27.7 Å². The predicted octanol–water partition coefficient (Wildman–Crippen LogP) is 1.85. The molecule has 0 atom stereocenters. The maximum absolute atomic E-state index is 2.27. The van der Waals surface area contributed by atoms with Crippen LogP contribution in [-0.4, -0.2) is 74.3 Å². The fraction of sp³-hybridized carbons (Fsp3) is 1.00. The van der Waals surface area contributed by atoms with Crippen LogP contribution in [0.15, 0.2) is 0 Å². The molecule has 0 heterocycles. The Bertz CT molecular complexity index is 106. The van der Waals surface area contributed by atoms with E-state index in [1.807, 2.05) is 0 Å². The summed E-state index contributed by atoms with van der Waals surface area (Å²) in [5, 5.41) is 0. The van der Waals surface area contributed by atoms with Crippen LogP contribution in [0.25, 0.3) is 0 Å². The van der Waals surface area contributed by atoms with Gasteiger partial charge in [0.1, 0.15) is 0 Å². The zero-order valence-electron chi connectivity index (χ0n) is 12.6. The summed E-state index contributed by atoms with van der Waals surface area (Å²) >= 11 is 0. The Hall–Kier alpha value is -0.160. The average Bonchev–Trinajstić information content (AvgIpc) is 2.07. The summed E-state index contributed by atoms with van der Waals surface area (Å²) in [6.45, 7) is 14.2. The second-order valence-corrected chi connectivity index (χ2v) is 5.29. The van der Waals surface area contributed by atoms with E-state index in [4.69, 9.17) is 0 Å². The maximum atomic E-state index is 2.27. The molecule has 0 spiro atoms. The Labute approximate surface area is 103 Å². The van der Waals surface area contributed by atoms with E-state index >= 15 is 0 Å². The molecule has 0 aliphatic heterocycles. The standard InChI is InChI=1S/C8H20N.C4H12N.2H2O/c1-5-9(6-2,7-3)8-4;1-5(2,3)4;;/h5-8H2,1-4H3;1-4H3;2*1H2/q2*+1;;/p-2. The lowest BCUT2D eigenvalue weighted by atomic mass is 10.3. The third-order valence-electron chi connectivity index (χ3n) is 2.68. The van der Waals surface area contributed by atoms with Gasteiger partial charge in [-0.15, -0.1) is 0 Å². The van der Waals surface area contributed by atoms with E-state index in [9.17, 15) is 0 Å². The topological polar surface area (TPSA) is 60.0 Å². The van der Waals surface area contributed by atoms with E-state index in [1.165, 1.54) is 30.7 Å². The largest absolute Gasteiger partial charge is 0.870 e. The number of hydrogen-bond donors (Lipinski definition) is 0. The molecule has 4 heteroatoms. The van der Waals surface area contributed by atoms with Crippen molar-refractivity contribution in [3.05, 3.63) is 0 Å². The van der Waals surface area contributed by atoms with Crippen LogP contribution < -0.4 is 0 Å². The Balaban J connectivity index is -0.0000000904. The molecule has 0 unspecified atom stereocenters. The first kappa shape index (κ1) is 24.9. The monoisotopic (exact) mass is 238 g/mol. The van der Waals surface area contributed by atoms with Gasteiger partial charge in [0.05, 0.1) is 54.4 Å². The van der Waals surface area contributed by atoms with Crippen molar-refractivity contribution in [3.8, 4) is 0 Å². The summed E-state index contributed by atoms with van der Waals surface area (Å²) in [7, 11) is 8.50. The lowest BCUT2D eigenvalue weighted by molar-refractivity contribution is -0.921. The van der Waals surface area contributed by atoms with Crippen molar-refractivity contribution < 1.29 is 19.9 Å². The van der Waals surface area contributed by atoms with E-state index < -0.39 is 0 Å². The highest BCUT2D eigenvalue weighted by Gasteiger charge is 2.16. The molecule has 0 aliphatic rings. The van der Waals surface area contributed by atoms with E-state index in [0.717, 1.165) is 4.48 Å². The van der Waals surface area contributed by atoms with Gasteiger partial charge in [-0.25, -0.2) is 0 Å². The van der Waals surface area contributed by atoms with Crippen molar-refractivity contribution in [3.63, 3.8) is 0 Å². The van der Waals surface area contributed by atoms with E-state index in [2.05, 4.69) is 55.9 Å². The van der Waals surface area contributed by atoms with Crippen molar-refractivity contribution >= 4 is 0 Å². The lowest BCUT2D eigenvalue weighted by Gasteiger charge is -2.34. The molecule has 0 aromatic rings. The Morgan fingerprint density at radius 1 is 0.562 bits per heavy atom. The van der Waals surface area contributed by atoms with Gasteiger partial charge in [-0.05, 0) is 27.7 Å². The first-order valence-electron chi connectivity index (χ1n) is 5.88. The molecule has 0 aromatic carbocycles. The summed E-state index contributed by atoms with van der Waals surface area (Å²) < 4.78 is 2.28. The Morgan fingerprint density at radius 3 is 0.688 bits per heavy atom. The van der Waals surface area contributed by atoms with Gasteiger partial charge >= 0.3 is 0 Å². The summed E-state index contributed by atoms with van der Waals surface area (Å²) in [5.74, 6) is 0. The molecule has 0 saturated heterocycles. The second-order valence-electron chi connectivity index (χ2n) is 5.29. The van der Waals surface area contributed by atoms with Crippen LogP contribution in [0.4, 0.5) is 0 Å². The van der Waals surface area contributed by atoms with E-state index in [-0.39, 0.29) is 11.0 Å². The minimum atomic E-state index is 0. The molecule has 0 rings (SSSR count). The summed E-state index contributed by atoms with van der Waals surface area (Å²) in [5.41, 5.74) is 0. The molecule has 0 saturated carbocycles. The van der Waals surface area contributed by atoms with Crippen LogP contribution in [0.5, 0.6) is 0 Å². The fourth-order valence-electron chi connectivity index (χ4n) is 1.34. The van der Waals surface area contributed by atoms with E-state index in [1.54, 1.807) is 0 Å². The fourth-order valence-corrected chi connectivity index (χ4v) is 1.34. The molecule has 2 N–H and O–H groups in total. The van der Waals surface area contributed by atoms with Crippen LogP contribution >= 0.6 is 0 Å². The number of quaternary nitrogens is 2. The van der Waals surface area contributed by atoms with Crippen LogP contribution in [-0.2, 0) is 0 Å². The first-order chi connectivity index (χ1) is 6.24. The van der Waals surface area contributed by atoms with Gasteiger partial charge in [0.2, 0.25) is 0 Å². The van der Waals surface area contributed by atoms with Crippen molar-refractivity contribution in [1.82, 2.24) is 0 Å². The predicted molar refractivity (Wildman–Crippen MR) is 70.3 cm³/mol. The lowest BCUT2D eigenvalue weighted by Crippen LogP contribution is -2.47. The van der Waals surface area contributed by atoms with Crippen molar-refractivity contribution in [2.24, 2.45) is 0 Å². The van der Waals surface area contributed by atoms with Gasteiger partial charge < -0.3 is 19.9 Å². The molecule has 0 aliphatic carbocycles. The molecule has 0 fully saturated rings. The number of nitrogens with zero attached hydrogens (tertiary/aromatic N) is 2. The molecule has 16 heavy (non-hydrogen) atoms. The maximum Gasteiger partial charge on any atom is 0.0757 e. The van der Waals surface area contributed by atoms with Gasteiger partial charge in [-0.3, -0.25) is 0 Å². The summed E-state index contributed by atoms with van der Waals surface area (Å²) in [6.07, 6.45) is 0. The third kappa shape index (κ3) is 16.3. The minimum Gasteiger partial charge on any atom is -0.870 e. The third-order valence-corrected chi connectivity index (χ3v) is 2.68. The molecule has 0 aromatic heterocycles. The van der Waals surface area contributed by atoms with E-state index in [0.29, 0.717) is 0 Å². The average molecular weight is 238 g/mol. The second kappa shape index (κ2) is 11.3. The van der Waals surface area contributed by atoms with Crippen LogP contribution in [0.2, 0.25) is 0 Å². The highest BCUT2D eigenvalue weighted by atomic mass is 16.0. The highest BCUT2D eigenvalue weighted by molar-refractivity contribution is 4.31. The molecular weight excluding hydrogens is 204 g/mol. The first-order valence-corrected chi connectivity index (χ1v) is 5.88. The molecule has 0 amide bonds. The van der Waals surface area contributed by atoms with Crippen molar-refractivity contribution in [2.75, 3.05) is 54.4 Å². The minimum absolute atomic E-state index is 0. The van der Waals surface area contributed by atoms with Crippen LogP contribution in [0.1, 0.15) is 27.7 Å². The zero-order valence-corrected chi connectivity index (χ0v) is 12.6. The molecular formula is C12H34N2O2. The van der Waals surface area contributed by atoms with Gasteiger partial charge in [0, 0.05) is 0 Å². The summed E-state index contributed by atoms with van der Waals surface area (Å²) in [6, 6.07) is 0. The SMILES string of the molecule is CC[N+](CC)(CC)CC.C[N+](C)(C)C.[OH-].[OH-]. The van der Waals surface area contributed by atoms with Crippen LogP contribution in [0.3, 0.4) is 0 Å². The summed E-state index contributed by atoms with van der Waals surface area (Å²) in [4.78, 5) is 0. The van der Waals surface area contributed by atoms with Gasteiger partial charge in [-0.2, -0.15) is 0 Å². The Morgan fingerprint density at radius 2 is 0.688 bits per heavy atom. The van der Waals surface area contributed by atoms with Crippen molar-refractivity contribution in [1.29, 1.82) is 0 Å². The van der Waals surface area contributed by atoms with Gasteiger partial charge in [0.15, 0.2) is 0 Å². The van der Waals surface area contributed by atoms with Crippen LogP contribution in [0, 0.1) is 0 Å². The molecule has 0 bridgehead atoms. The van der Waals surface area contributed by atoms with Gasteiger partial charge in [-0.1, -0.05) is 0 Å². The molecule has 0 radical (unpaired) electrons. The smallest absolute Gasteiger partial charge is 0.0757 e. The normalized spacial score (nSPS) is 10.5. The highest BCUT2D eigenvalue weighted by Crippen LogP contribution is 2.03. The zero-order chi connectivity index (χ0) is 11.8. The number of rotatable bonds is 4. The Kier molecular flexibility index (Phi) is 17.6. The quantitative estimate of drug-likeness (QED) is 0.702. The molecule has 104 valence electrons. The molecule has 4 nitrogen and oxygen atoms in total. The van der Waals surface area contributed by atoms with Gasteiger partial charge in [0.25, 0.3) is 0 Å².